The van der Waals surface area contributed by atoms with Crippen LogP contribution < -0.4 is 10.6 Å². The Morgan fingerprint density at radius 2 is 1.84 bits per heavy atom. The third-order valence-corrected chi connectivity index (χ3v) is 7.80. The number of hydrogen-bond donors (Lipinski definition) is 2. The number of benzene rings is 2. The molecule has 5 heteroatoms. The summed E-state index contributed by atoms with van der Waals surface area (Å²) >= 11 is 3.65. The van der Waals surface area contributed by atoms with Gasteiger partial charge in [0.15, 0.2) is 0 Å². The topological polar surface area (TPSA) is 50.4 Å². The lowest BCUT2D eigenvalue weighted by atomic mass is 9.68. The summed E-state index contributed by atoms with van der Waals surface area (Å²) in [4.78, 5) is 13.1. The molecule has 0 unspecified atom stereocenters. The van der Waals surface area contributed by atoms with Crippen LogP contribution in [0.5, 0.6) is 0 Å². The van der Waals surface area contributed by atoms with Gasteiger partial charge in [0, 0.05) is 17.6 Å². The minimum Gasteiger partial charge on any atom is -0.381 e. The predicted octanol–water partition coefficient (Wildman–Crippen LogP) is 5.48. The Hall–Kier alpha value is -1.69. The first kappa shape index (κ1) is 22.5. The van der Waals surface area contributed by atoms with Gasteiger partial charge in [0.1, 0.15) is 0 Å². The Kier molecular flexibility index (Phi) is 6.85. The van der Waals surface area contributed by atoms with Gasteiger partial charge in [-0.3, -0.25) is 10.1 Å². The zero-order valence-electron chi connectivity index (χ0n) is 18.7. The first-order valence-electron chi connectivity index (χ1n) is 11.3. The van der Waals surface area contributed by atoms with E-state index >= 15 is 0 Å². The van der Waals surface area contributed by atoms with Gasteiger partial charge >= 0.3 is 0 Å². The van der Waals surface area contributed by atoms with E-state index in [1.165, 1.54) is 11.1 Å². The average Bonchev–Trinajstić information content (AvgIpc) is 3.07. The number of methoxy groups -OCH3 is 1. The Morgan fingerprint density at radius 3 is 2.52 bits per heavy atom. The van der Waals surface area contributed by atoms with E-state index in [4.69, 9.17) is 4.74 Å². The summed E-state index contributed by atoms with van der Waals surface area (Å²) in [5.74, 6) is 0.0422. The van der Waals surface area contributed by atoms with Crippen molar-refractivity contribution < 1.29 is 9.53 Å². The minimum absolute atomic E-state index is 0.0194. The van der Waals surface area contributed by atoms with Crippen LogP contribution in [0.1, 0.15) is 68.3 Å². The molecule has 1 spiro atoms. The Labute approximate surface area is 194 Å². The van der Waals surface area contributed by atoms with Gasteiger partial charge in [-0.1, -0.05) is 52.3 Å². The van der Waals surface area contributed by atoms with E-state index < -0.39 is 0 Å². The highest BCUT2D eigenvalue weighted by molar-refractivity contribution is 9.10. The zero-order chi connectivity index (χ0) is 22.0. The summed E-state index contributed by atoms with van der Waals surface area (Å²) in [6.07, 6.45) is 5.81. The van der Waals surface area contributed by atoms with Crippen LogP contribution in [0, 0.1) is 5.41 Å². The molecule has 0 saturated heterocycles. The molecule has 31 heavy (non-hydrogen) atoms. The van der Waals surface area contributed by atoms with Crippen LogP contribution in [0.4, 0.5) is 0 Å². The number of rotatable bonds is 6. The van der Waals surface area contributed by atoms with E-state index in [1.54, 1.807) is 0 Å². The van der Waals surface area contributed by atoms with Crippen LogP contribution in [0.2, 0.25) is 0 Å². The van der Waals surface area contributed by atoms with Crippen molar-refractivity contribution in [3.8, 4) is 0 Å². The average molecular weight is 485 g/mol. The van der Waals surface area contributed by atoms with Gasteiger partial charge < -0.3 is 10.1 Å². The highest BCUT2D eigenvalue weighted by atomic mass is 79.9. The molecule has 0 aliphatic heterocycles. The number of halogens is 1. The molecule has 4 rings (SSSR count). The van der Waals surface area contributed by atoms with Crippen molar-refractivity contribution >= 4 is 21.8 Å². The molecule has 3 atom stereocenters. The fourth-order valence-electron chi connectivity index (χ4n) is 5.43. The standard InChI is InChI=1S/C26H33BrN2O2/c1-17(19-7-5-4-6-8-19)29-25(30)18(2)28-24-23-15-21(27)10-9-20(23)16-26(24)13-11-22(31-3)12-14-26/h4-10,15,17-18,22,24,28H,11-14,16H2,1-3H3,(H,29,30)/t17-,18+,22?,24+,26?/m0/s1. The Morgan fingerprint density at radius 1 is 1.13 bits per heavy atom. The number of fused-ring (bicyclic) bond motifs is 1. The molecule has 1 amide bonds. The summed E-state index contributed by atoms with van der Waals surface area (Å²) in [7, 11) is 1.82. The minimum atomic E-state index is -0.280. The fourth-order valence-corrected chi connectivity index (χ4v) is 5.81. The van der Waals surface area contributed by atoms with Crippen LogP contribution >= 0.6 is 15.9 Å². The van der Waals surface area contributed by atoms with Crippen LogP contribution in [-0.2, 0) is 16.0 Å². The van der Waals surface area contributed by atoms with Crippen molar-refractivity contribution in [3.63, 3.8) is 0 Å². The van der Waals surface area contributed by atoms with E-state index in [0.29, 0.717) is 6.10 Å². The molecule has 4 nitrogen and oxygen atoms in total. The summed E-state index contributed by atoms with van der Waals surface area (Å²) in [5, 5.41) is 6.92. The summed E-state index contributed by atoms with van der Waals surface area (Å²) in [6.45, 7) is 4.02. The van der Waals surface area contributed by atoms with Crippen molar-refractivity contribution in [3.05, 3.63) is 69.7 Å². The van der Waals surface area contributed by atoms with Gasteiger partial charge in [-0.25, -0.2) is 0 Å². The number of amides is 1. The van der Waals surface area contributed by atoms with Crippen molar-refractivity contribution in [2.24, 2.45) is 5.41 Å². The lowest BCUT2D eigenvalue weighted by Crippen LogP contribution is -2.48. The van der Waals surface area contributed by atoms with Gasteiger partial charge in [0.05, 0.1) is 18.2 Å². The molecule has 2 aliphatic carbocycles. The molecule has 2 N–H and O–H groups in total. The maximum absolute atomic E-state index is 13.1. The number of carbonyl (C=O) groups is 1. The molecule has 0 aromatic heterocycles. The van der Waals surface area contributed by atoms with Gasteiger partial charge in [0.2, 0.25) is 5.91 Å². The van der Waals surface area contributed by atoms with Crippen molar-refractivity contribution in [1.29, 1.82) is 0 Å². The molecular weight excluding hydrogens is 452 g/mol. The van der Waals surface area contributed by atoms with Crippen LogP contribution in [-0.4, -0.2) is 25.2 Å². The molecule has 2 aromatic rings. The largest absolute Gasteiger partial charge is 0.381 e. The van der Waals surface area contributed by atoms with Gasteiger partial charge in [-0.2, -0.15) is 0 Å². The second kappa shape index (κ2) is 9.43. The normalized spacial score (nSPS) is 27.0. The predicted molar refractivity (Wildman–Crippen MR) is 128 cm³/mol. The highest BCUT2D eigenvalue weighted by Crippen LogP contribution is 2.54. The molecule has 2 aromatic carbocycles. The van der Waals surface area contributed by atoms with Crippen molar-refractivity contribution in [2.45, 2.75) is 70.2 Å². The number of carbonyl (C=O) groups excluding carboxylic acids is 1. The van der Waals surface area contributed by atoms with E-state index in [0.717, 1.165) is 42.1 Å². The third-order valence-electron chi connectivity index (χ3n) is 7.30. The Balaban J connectivity index is 1.51. The molecule has 166 valence electrons. The zero-order valence-corrected chi connectivity index (χ0v) is 20.2. The summed E-state index contributed by atoms with van der Waals surface area (Å²) in [6, 6.07) is 16.6. The Bertz CT molecular complexity index is 909. The van der Waals surface area contributed by atoms with E-state index in [9.17, 15) is 4.79 Å². The first-order chi connectivity index (χ1) is 14.9. The van der Waals surface area contributed by atoms with Crippen LogP contribution in [0.3, 0.4) is 0 Å². The molecule has 0 radical (unpaired) electrons. The van der Waals surface area contributed by atoms with Crippen LogP contribution in [0.25, 0.3) is 0 Å². The van der Waals surface area contributed by atoms with Gasteiger partial charge in [-0.05, 0) is 80.2 Å². The van der Waals surface area contributed by atoms with Crippen LogP contribution in [0.15, 0.2) is 53.0 Å². The number of hydrogen-bond acceptors (Lipinski definition) is 3. The fraction of sp³-hybridized carbons (Fsp3) is 0.500. The summed E-state index contributed by atoms with van der Waals surface area (Å²) in [5.41, 5.74) is 4.01. The van der Waals surface area contributed by atoms with E-state index in [2.05, 4.69) is 56.9 Å². The molecule has 0 bridgehead atoms. The van der Waals surface area contributed by atoms with E-state index in [1.807, 2.05) is 39.2 Å². The molecule has 2 aliphatic rings. The molecule has 1 saturated carbocycles. The van der Waals surface area contributed by atoms with Crippen molar-refractivity contribution in [2.75, 3.05) is 7.11 Å². The SMILES string of the molecule is COC1CCC2(CC1)Cc1ccc(Br)cc1[C@H]2N[C@H](C)C(=O)N[C@@H](C)c1ccccc1. The quantitative estimate of drug-likeness (QED) is 0.570. The monoisotopic (exact) mass is 484 g/mol. The molecular formula is C26H33BrN2O2. The van der Waals surface area contributed by atoms with Gasteiger partial charge in [-0.15, -0.1) is 0 Å². The highest BCUT2D eigenvalue weighted by Gasteiger charge is 2.48. The smallest absolute Gasteiger partial charge is 0.237 e. The van der Waals surface area contributed by atoms with E-state index in [-0.39, 0.29) is 29.4 Å². The van der Waals surface area contributed by atoms with Gasteiger partial charge in [0.25, 0.3) is 0 Å². The third kappa shape index (κ3) is 4.74. The maximum Gasteiger partial charge on any atom is 0.237 e. The molecule has 1 fully saturated rings. The first-order valence-corrected chi connectivity index (χ1v) is 12.1. The summed E-state index contributed by atoms with van der Waals surface area (Å²) < 4.78 is 6.73. The lowest BCUT2D eigenvalue weighted by molar-refractivity contribution is -0.124. The number of ether oxygens (including phenoxy) is 1. The lowest BCUT2D eigenvalue weighted by Gasteiger charge is -2.42. The van der Waals surface area contributed by atoms with Crippen molar-refractivity contribution in [1.82, 2.24) is 10.6 Å². The number of nitrogens with one attached hydrogen (secondary N) is 2. The second-order valence-electron chi connectivity index (χ2n) is 9.28. The maximum atomic E-state index is 13.1. The second-order valence-corrected chi connectivity index (χ2v) is 10.2. The molecule has 0 heterocycles.